The molecule has 0 spiro atoms. The van der Waals surface area contributed by atoms with Crippen LogP contribution in [0.15, 0.2) is 48.7 Å². The van der Waals surface area contributed by atoms with Crippen molar-refractivity contribution in [3.63, 3.8) is 0 Å². The number of halogens is 1. The average Bonchev–Trinajstić information content (AvgIpc) is 3.05. The number of hydrogen-bond acceptors (Lipinski definition) is 3. The number of pyridine rings is 1. The van der Waals surface area contributed by atoms with Gasteiger partial charge in [-0.25, -0.2) is 4.39 Å². The van der Waals surface area contributed by atoms with E-state index in [1.54, 1.807) is 12.3 Å². The molecule has 1 aromatic heterocycles. The first-order chi connectivity index (χ1) is 14.6. The minimum Gasteiger partial charge on any atom is -0.462 e. The third-order valence-corrected chi connectivity index (χ3v) is 7.52. The maximum absolute atomic E-state index is 13.5. The Morgan fingerprint density at radius 1 is 1.13 bits per heavy atom. The zero-order valence-electron chi connectivity index (χ0n) is 17.3. The number of fused-ring (bicyclic) bond motifs is 2. The molecule has 1 unspecified atom stereocenters. The maximum atomic E-state index is 13.5. The van der Waals surface area contributed by atoms with Gasteiger partial charge in [-0.2, -0.15) is 0 Å². The third-order valence-electron chi connectivity index (χ3n) is 7.52. The highest BCUT2D eigenvalue weighted by atomic mass is 19.1. The summed E-state index contributed by atoms with van der Waals surface area (Å²) in [5.74, 6) is 1.64. The zero-order chi connectivity index (χ0) is 20.7. The lowest BCUT2D eigenvalue weighted by Crippen LogP contribution is -2.43. The van der Waals surface area contributed by atoms with Gasteiger partial charge in [0.15, 0.2) is 0 Å². The first-order valence-corrected chi connectivity index (χ1v) is 11.2. The molecular formula is C26H28FNO2. The number of carbonyl (C=O) groups is 1. The lowest BCUT2D eigenvalue weighted by Gasteiger charge is -2.46. The molecule has 4 heteroatoms. The van der Waals surface area contributed by atoms with Gasteiger partial charge in [-0.1, -0.05) is 50.5 Å². The molecule has 3 aliphatic rings. The number of carbonyl (C=O) groups excluding carboxylic acids is 1. The highest BCUT2D eigenvalue weighted by Gasteiger charge is 2.53. The molecule has 2 saturated carbocycles. The number of rotatable bonds is 3. The lowest BCUT2D eigenvalue weighted by molar-refractivity contribution is -0.145. The first kappa shape index (κ1) is 19.5. The number of nitrogens with zero attached hydrogens (tertiary/aromatic N) is 1. The summed E-state index contributed by atoms with van der Waals surface area (Å²) in [5.41, 5.74) is 2.62. The van der Waals surface area contributed by atoms with Crippen LogP contribution >= 0.6 is 0 Å². The molecule has 3 fully saturated rings. The van der Waals surface area contributed by atoms with Gasteiger partial charge in [-0.05, 0) is 60.4 Å². The molecule has 0 bridgehead atoms. The van der Waals surface area contributed by atoms with Gasteiger partial charge in [0.05, 0.1) is 11.6 Å². The van der Waals surface area contributed by atoms with E-state index in [2.05, 4.69) is 17.1 Å². The molecule has 6 atom stereocenters. The van der Waals surface area contributed by atoms with Crippen LogP contribution in [-0.4, -0.2) is 17.1 Å². The molecule has 3 nitrogen and oxygen atoms in total. The number of esters is 1. The summed E-state index contributed by atoms with van der Waals surface area (Å²) in [4.78, 5) is 16.9. The van der Waals surface area contributed by atoms with Gasteiger partial charge in [-0.3, -0.25) is 9.78 Å². The summed E-state index contributed by atoms with van der Waals surface area (Å²) in [6.45, 7) is 2.03. The summed E-state index contributed by atoms with van der Waals surface area (Å²) >= 11 is 0. The Balaban J connectivity index is 1.39. The van der Waals surface area contributed by atoms with Gasteiger partial charge in [0.2, 0.25) is 0 Å². The number of hydrogen-bond donors (Lipinski definition) is 0. The van der Waals surface area contributed by atoms with E-state index in [1.807, 2.05) is 25.1 Å². The first-order valence-electron chi connectivity index (χ1n) is 11.2. The van der Waals surface area contributed by atoms with E-state index in [0.29, 0.717) is 17.8 Å². The Hall–Kier alpha value is -2.49. The van der Waals surface area contributed by atoms with Crippen molar-refractivity contribution >= 4 is 12.0 Å². The normalized spacial score (nSPS) is 33.2. The van der Waals surface area contributed by atoms with E-state index < -0.39 is 0 Å². The van der Waals surface area contributed by atoms with Gasteiger partial charge >= 0.3 is 5.97 Å². The van der Waals surface area contributed by atoms with Crippen LogP contribution in [0.5, 0.6) is 0 Å². The fourth-order valence-electron chi connectivity index (χ4n) is 6.04. The van der Waals surface area contributed by atoms with Gasteiger partial charge in [-0.15, -0.1) is 0 Å². The Morgan fingerprint density at radius 3 is 2.80 bits per heavy atom. The highest BCUT2D eigenvalue weighted by Crippen LogP contribution is 2.52. The van der Waals surface area contributed by atoms with Crippen molar-refractivity contribution in [3.05, 3.63) is 60.2 Å². The summed E-state index contributed by atoms with van der Waals surface area (Å²) in [5, 5.41) is 0. The van der Waals surface area contributed by atoms with Crippen molar-refractivity contribution in [3.8, 4) is 11.1 Å². The van der Waals surface area contributed by atoms with Crippen LogP contribution in [0.25, 0.3) is 17.2 Å². The van der Waals surface area contributed by atoms with Crippen LogP contribution in [0.2, 0.25) is 0 Å². The topological polar surface area (TPSA) is 39.2 Å². The standard InChI is InChI=1S/C26H28FNO2/c1-16-25-23(22-8-3-2-5-18(22)14-24(25)30-26(16)29)12-11-21-10-9-19(15-28-21)17-6-4-7-20(27)13-17/h4,6-7,9-13,15-16,18,22-25H,2-3,5,8,14H2,1H3/b12-11+/t16-,18?,22+,23-,24-,25+/m0/s1. The predicted molar refractivity (Wildman–Crippen MR) is 115 cm³/mol. The van der Waals surface area contributed by atoms with Crippen LogP contribution in [0.3, 0.4) is 0 Å². The Bertz CT molecular complexity index is 954. The maximum Gasteiger partial charge on any atom is 0.309 e. The van der Waals surface area contributed by atoms with Crippen LogP contribution in [-0.2, 0) is 9.53 Å². The second-order valence-electron chi connectivity index (χ2n) is 9.20. The zero-order valence-corrected chi connectivity index (χ0v) is 17.3. The van der Waals surface area contributed by atoms with E-state index in [-0.39, 0.29) is 29.7 Å². The Labute approximate surface area is 177 Å². The van der Waals surface area contributed by atoms with Crippen molar-refractivity contribution in [2.45, 2.75) is 45.1 Å². The molecule has 5 rings (SSSR count). The quantitative estimate of drug-likeness (QED) is 0.597. The summed E-state index contributed by atoms with van der Waals surface area (Å²) in [7, 11) is 0. The molecule has 156 valence electrons. The lowest BCUT2D eigenvalue weighted by atomic mass is 9.59. The number of aromatic nitrogens is 1. The van der Waals surface area contributed by atoms with Crippen LogP contribution in [0, 0.1) is 35.4 Å². The summed E-state index contributed by atoms with van der Waals surface area (Å²) < 4.78 is 19.3. The van der Waals surface area contributed by atoms with E-state index in [1.165, 1.54) is 37.8 Å². The molecule has 1 aromatic carbocycles. The smallest absolute Gasteiger partial charge is 0.309 e. The fraction of sp³-hybridized carbons (Fsp3) is 0.462. The second-order valence-corrected chi connectivity index (χ2v) is 9.20. The molecule has 2 aromatic rings. The molecule has 0 radical (unpaired) electrons. The molecule has 0 amide bonds. The molecule has 30 heavy (non-hydrogen) atoms. The van der Waals surface area contributed by atoms with Gasteiger partial charge < -0.3 is 4.74 Å². The minimum atomic E-state index is -0.243. The number of allylic oxidation sites excluding steroid dienone is 1. The third kappa shape index (κ3) is 3.57. The van der Waals surface area contributed by atoms with Crippen molar-refractivity contribution < 1.29 is 13.9 Å². The fourth-order valence-corrected chi connectivity index (χ4v) is 6.04. The predicted octanol–water partition coefficient (Wildman–Crippen LogP) is 5.90. The molecule has 0 N–H and O–H groups in total. The van der Waals surface area contributed by atoms with Crippen LogP contribution in [0.4, 0.5) is 4.39 Å². The second kappa shape index (κ2) is 7.98. The largest absolute Gasteiger partial charge is 0.462 e. The van der Waals surface area contributed by atoms with Crippen molar-refractivity contribution in [2.24, 2.45) is 29.6 Å². The molecule has 1 saturated heterocycles. The van der Waals surface area contributed by atoms with Crippen LogP contribution in [0.1, 0.15) is 44.7 Å². The van der Waals surface area contributed by atoms with E-state index in [4.69, 9.17) is 4.74 Å². The summed E-state index contributed by atoms with van der Waals surface area (Å²) in [6, 6.07) is 10.5. The van der Waals surface area contributed by atoms with Crippen molar-refractivity contribution in [2.75, 3.05) is 0 Å². The Morgan fingerprint density at radius 2 is 2.00 bits per heavy atom. The van der Waals surface area contributed by atoms with Gasteiger partial charge in [0.25, 0.3) is 0 Å². The van der Waals surface area contributed by atoms with Crippen LogP contribution < -0.4 is 0 Å². The molecule has 1 aliphatic heterocycles. The molecular weight excluding hydrogens is 377 g/mol. The molecule has 2 aliphatic carbocycles. The van der Waals surface area contributed by atoms with E-state index in [9.17, 15) is 9.18 Å². The SMILES string of the molecule is C[C@@H]1C(=O)O[C@H]2CC3CCCC[C@H]3[C@H](/C=C/c3ccc(-c4cccc(F)c4)cn3)[C@H]21. The molecule has 2 heterocycles. The Kier molecular flexibility index (Phi) is 5.18. The van der Waals surface area contributed by atoms with Crippen molar-refractivity contribution in [1.82, 2.24) is 4.98 Å². The van der Waals surface area contributed by atoms with Gasteiger partial charge in [0.1, 0.15) is 11.9 Å². The minimum absolute atomic E-state index is 0.0281. The van der Waals surface area contributed by atoms with Crippen molar-refractivity contribution in [1.29, 1.82) is 0 Å². The van der Waals surface area contributed by atoms with E-state index >= 15 is 0 Å². The van der Waals surface area contributed by atoms with Gasteiger partial charge in [0, 0.05) is 17.7 Å². The summed E-state index contributed by atoms with van der Waals surface area (Å²) in [6.07, 6.45) is 12.4. The highest BCUT2D eigenvalue weighted by molar-refractivity contribution is 5.75. The average molecular weight is 406 g/mol. The van der Waals surface area contributed by atoms with E-state index in [0.717, 1.165) is 23.2 Å². The number of ether oxygens (including phenoxy) is 1. The number of benzene rings is 1. The monoisotopic (exact) mass is 405 g/mol.